The molecule has 1 saturated carbocycles. The maximum Gasteiger partial charge on any atom is 0.214 e. The van der Waals surface area contributed by atoms with Crippen molar-refractivity contribution in [2.75, 3.05) is 29.5 Å². The number of nitrogens with zero attached hydrogens (tertiary/aromatic N) is 3. The number of amides is 1. The normalized spacial score (nSPS) is 30.3. The number of anilines is 3. The number of nitrogens with two attached hydrogens (primary N) is 1. The Bertz CT molecular complexity index is 894. The molecule has 0 aromatic carbocycles. The summed E-state index contributed by atoms with van der Waals surface area (Å²) < 4.78 is 0. The van der Waals surface area contributed by atoms with E-state index in [9.17, 15) is 4.79 Å². The second-order valence-electron chi connectivity index (χ2n) is 10.4. The van der Waals surface area contributed by atoms with Crippen LogP contribution in [0.15, 0.2) is 29.6 Å². The number of allylic oxidation sites excluding steroid dienone is 3. The second kappa shape index (κ2) is 9.63. The minimum absolute atomic E-state index is 0.297. The molecule has 0 spiro atoms. The Kier molecular flexibility index (Phi) is 7.31. The van der Waals surface area contributed by atoms with Crippen molar-refractivity contribution in [2.24, 2.45) is 22.7 Å². The summed E-state index contributed by atoms with van der Waals surface area (Å²) >= 11 is 0. The zero-order valence-electron chi connectivity index (χ0n) is 20.7. The summed E-state index contributed by atoms with van der Waals surface area (Å²) in [5, 5.41) is 2.99. The van der Waals surface area contributed by atoms with Crippen LogP contribution in [-0.2, 0) is 4.79 Å². The molecule has 2 aliphatic carbocycles. The minimum atomic E-state index is 0.297. The average molecular weight is 440 g/mol. The van der Waals surface area contributed by atoms with E-state index >= 15 is 0 Å². The van der Waals surface area contributed by atoms with Crippen LogP contribution in [0.1, 0.15) is 73.1 Å². The Hall–Kier alpha value is -2.37. The van der Waals surface area contributed by atoms with Crippen LogP contribution < -0.4 is 16.0 Å². The predicted molar refractivity (Wildman–Crippen MR) is 133 cm³/mol. The molecule has 32 heavy (non-hydrogen) atoms. The summed E-state index contributed by atoms with van der Waals surface area (Å²) in [5.41, 5.74) is 10.2. The molecule has 1 fully saturated rings. The van der Waals surface area contributed by atoms with Crippen molar-refractivity contribution in [2.45, 2.75) is 73.1 Å². The number of aromatic nitrogens is 2. The lowest BCUT2D eigenvalue weighted by Gasteiger charge is -2.58. The van der Waals surface area contributed by atoms with E-state index in [1.165, 1.54) is 44.0 Å². The van der Waals surface area contributed by atoms with Gasteiger partial charge in [-0.1, -0.05) is 44.1 Å². The van der Waals surface area contributed by atoms with Gasteiger partial charge in [-0.05, 0) is 75.0 Å². The first-order valence-corrected chi connectivity index (χ1v) is 12.0. The summed E-state index contributed by atoms with van der Waals surface area (Å²) in [6.07, 6.45) is 14.2. The summed E-state index contributed by atoms with van der Waals surface area (Å²) in [4.78, 5) is 21.6. The molecule has 0 radical (unpaired) electrons. The molecule has 0 unspecified atom stereocenters. The number of hydrogen-bond acceptors (Lipinski definition) is 5. The van der Waals surface area contributed by atoms with Gasteiger partial charge in [-0.25, -0.2) is 9.97 Å². The highest BCUT2D eigenvalue weighted by Gasteiger charge is 2.52. The van der Waals surface area contributed by atoms with Gasteiger partial charge in [0.2, 0.25) is 6.41 Å². The molecule has 176 valence electrons. The molecule has 6 nitrogen and oxygen atoms in total. The molecule has 0 saturated heterocycles. The smallest absolute Gasteiger partial charge is 0.214 e. The van der Waals surface area contributed by atoms with Gasteiger partial charge in [0.25, 0.3) is 0 Å². The van der Waals surface area contributed by atoms with E-state index in [1.54, 1.807) is 17.5 Å². The highest BCUT2D eigenvalue weighted by atomic mass is 16.1. The molecule has 1 aromatic heterocycles. The summed E-state index contributed by atoms with van der Waals surface area (Å²) in [5.74, 6) is 2.32. The number of nitrogen functional groups attached to an aromatic ring is 1. The summed E-state index contributed by atoms with van der Waals surface area (Å²) in [7, 11) is 1.76. The van der Waals surface area contributed by atoms with Crippen molar-refractivity contribution in [3.63, 3.8) is 0 Å². The average Bonchev–Trinajstić information content (AvgIpc) is 2.78. The van der Waals surface area contributed by atoms with E-state index in [0.717, 1.165) is 24.7 Å². The lowest BCUT2D eigenvalue weighted by Crippen LogP contribution is -2.49. The highest BCUT2D eigenvalue weighted by molar-refractivity contribution is 5.88. The zero-order chi connectivity index (χ0) is 23.5. The topological polar surface area (TPSA) is 84.1 Å². The van der Waals surface area contributed by atoms with Gasteiger partial charge in [-0.2, -0.15) is 0 Å². The Morgan fingerprint density at radius 3 is 2.78 bits per heavy atom. The summed E-state index contributed by atoms with van der Waals surface area (Å²) in [6, 6.07) is 0. The van der Waals surface area contributed by atoms with Crippen LogP contribution in [0, 0.1) is 22.7 Å². The Morgan fingerprint density at radius 2 is 2.09 bits per heavy atom. The first-order chi connectivity index (χ1) is 15.2. The maximum absolute atomic E-state index is 11.8. The first kappa shape index (κ1) is 24.3. The zero-order valence-corrected chi connectivity index (χ0v) is 20.7. The first-order valence-electron chi connectivity index (χ1n) is 12.0. The fourth-order valence-corrected chi connectivity index (χ4v) is 6.20. The van der Waals surface area contributed by atoms with Gasteiger partial charge in [0.1, 0.15) is 12.0 Å². The maximum atomic E-state index is 11.8. The predicted octanol–water partition coefficient (Wildman–Crippen LogP) is 5.59. The van der Waals surface area contributed by atoms with E-state index in [0.29, 0.717) is 34.7 Å². The van der Waals surface area contributed by atoms with E-state index in [1.807, 2.05) is 0 Å². The van der Waals surface area contributed by atoms with Crippen LogP contribution in [0.4, 0.5) is 17.3 Å². The fourth-order valence-electron chi connectivity index (χ4n) is 6.20. The Morgan fingerprint density at radius 1 is 1.34 bits per heavy atom. The number of hydrogen-bond donors (Lipinski definition) is 2. The SMILES string of the molecule is CNc1ncnc(N)c1N(C=O)CC=C(C)CC[C@]1(C)[C@@H](C)CC[C@@]2(C)C(C)=CCC[C@@H]12. The van der Waals surface area contributed by atoms with Crippen LogP contribution >= 0.6 is 0 Å². The van der Waals surface area contributed by atoms with Crippen LogP contribution in [0.25, 0.3) is 0 Å². The van der Waals surface area contributed by atoms with Gasteiger partial charge < -0.3 is 16.0 Å². The van der Waals surface area contributed by atoms with E-state index in [4.69, 9.17) is 5.73 Å². The molecule has 1 amide bonds. The standard InChI is InChI=1S/C26H41N5O/c1-18(12-15-31(17-32)22-23(27)29-16-30-24(22)28-6)10-13-25(4)20(3)11-14-26(5)19(2)8-7-9-21(25)26/h8,12,16-17,20-21H,7,9-11,13-15H2,1-6H3,(H3,27,28,29,30)/t20-,21-,25+,26-/m0/s1. The largest absolute Gasteiger partial charge is 0.382 e. The quantitative estimate of drug-likeness (QED) is 0.407. The monoisotopic (exact) mass is 439 g/mol. The number of fused-ring (bicyclic) bond motifs is 1. The Balaban J connectivity index is 1.72. The van der Waals surface area contributed by atoms with Gasteiger partial charge in [-0.3, -0.25) is 4.79 Å². The Labute approximate surface area is 193 Å². The van der Waals surface area contributed by atoms with Crippen LogP contribution in [0.2, 0.25) is 0 Å². The third-order valence-corrected chi connectivity index (χ3v) is 8.79. The van der Waals surface area contributed by atoms with Gasteiger partial charge in [-0.15, -0.1) is 0 Å². The van der Waals surface area contributed by atoms with Crippen LogP contribution in [-0.4, -0.2) is 30.0 Å². The van der Waals surface area contributed by atoms with Crippen molar-refractivity contribution >= 4 is 23.7 Å². The molecule has 4 atom stereocenters. The highest BCUT2D eigenvalue weighted by Crippen LogP contribution is 2.61. The van der Waals surface area contributed by atoms with E-state index < -0.39 is 0 Å². The van der Waals surface area contributed by atoms with Gasteiger partial charge >= 0.3 is 0 Å². The van der Waals surface area contributed by atoms with E-state index in [2.05, 4.69) is 62.1 Å². The van der Waals surface area contributed by atoms with Crippen molar-refractivity contribution in [1.82, 2.24) is 9.97 Å². The third kappa shape index (κ3) is 4.41. The second-order valence-corrected chi connectivity index (χ2v) is 10.4. The molecule has 3 N–H and O–H groups in total. The van der Waals surface area contributed by atoms with Crippen molar-refractivity contribution in [3.8, 4) is 0 Å². The lowest BCUT2D eigenvalue weighted by molar-refractivity contribution is -0.107. The molecule has 3 rings (SSSR count). The molecule has 1 aromatic rings. The number of rotatable bonds is 8. The minimum Gasteiger partial charge on any atom is -0.382 e. The van der Waals surface area contributed by atoms with E-state index in [-0.39, 0.29) is 0 Å². The fraction of sp³-hybridized carbons (Fsp3) is 0.654. The van der Waals surface area contributed by atoms with Crippen LogP contribution in [0.5, 0.6) is 0 Å². The molecular weight excluding hydrogens is 398 g/mol. The number of carbonyl (C=O) groups excluding carboxylic acids is 1. The van der Waals surface area contributed by atoms with Gasteiger partial charge in [0.05, 0.1) is 0 Å². The molecule has 0 aliphatic heterocycles. The molecule has 2 aliphatic rings. The number of nitrogens with one attached hydrogen (secondary N) is 1. The van der Waals surface area contributed by atoms with Gasteiger partial charge in [0.15, 0.2) is 11.6 Å². The lowest BCUT2D eigenvalue weighted by atomic mass is 9.47. The third-order valence-electron chi connectivity index (χ3n) is 8.79. The number of carbonyl (C=O) groups is 1. The van der Waals surface area contributed by atoms with Crippen molar-refractivity contribution < 1.29 is 4.79 Å². The molecule has 1 heterocycles. The van der Waals surface area contributed by atoms with Gasteiger partial charge in [0, 0.05) is 13.6 Å². The molecule has 0 bridgehead atoms. The van der Waals surface area contributed by atoms with Crippen molar-refractivity contribution in [1.29, 1.82) is 0 Å². The molecular formula is C26H41N5O. The summed E-state index contributed by atoms with van der Waals surface area (Å²) in [6.45, 7) is 12.5. The van der Waals surface area contributed by atoms with Crippen molar-refractivity contribution in [3.05, 3.63) is 29.6 Å². The molecule has 6 heteroatoms. The van der Waals surface area contributed by atoms with Crippen LogP contribution in [0.3, 0.4) is 0 Å².